The molecule has 6 rings (SSSR count). The van der Waals surface area contributed by atoms with E-state index in [-0.39, 0.29) is 27.9 Å². The van der Waals surface area contributed by atoms with Gasteiger partial charge in [-0.2, -0.15) is 0 Å². The number of hydrogen-bond acceptors (Lipinski definition) is 5. The molecule has 0 saturated heterocycles. The summed E-state index contributed by atoms with van der Waals surface area (Å²) in [6, 6.07) is 0. The van der Waals surface area contributed by atoms with Crippen LogP contribution in [0.3, 0.4) is 0 Å². The van der Waals surface area contributed by atoms with Crippen molar-refractivity contribution in [3.8, 4) is 0 Å². The van der Waals surface area contributed by atoms with E-state index < -0.39 is 22.5 Å². The lowest BCUT2D eigenvalue weighted by atomic mass is 9.35. The Labute approximate surface area is 296 Å². The highest BCUT2D eigenvalue weighted by Gasteiger charge is 2.69. The van der Waals surface area contributed by atoms with Gasteiger partial charge in [-0.05, 0) is 136 Å². The molecule has 6 nitrogen and oxygen atoms in total. The van der Waals surface area contributed by atoms with Crippen molar-refractivity contribution in [3.63, 3.8) is 0 Å². The van der Waals surface area contributed by atoms with Gasteiger partial charge in [0.1, 0.15) is 0 Å². The van der Waals surface area contributed by atoms with Crippen LogP contribution in [0, 0.1) is 51.2 Å². The van der Waals surface area contributed by atoms with Crippen molar-refractivity contribution < 1.29 is 14.7 Å². The molecule has 1 heterocycles. The Kier molecular flexibility index (Phi) is 8.94. The summed E-state index contributed by atoms with van der Waals surface area (Å²) in [5.41, 5.74) is 11.7. The first-order chi connectivity index (χ1) is 22.7. The van der Waals surface area contributed by atoms with Gasteiger partial charge in [-0.15, -0.1) is 0 Å². The number of carboxylic acids is 1. The Morgan fingerprint density at radius 3 is 2.29 bits per heavy atom. The van der Waals surface area contributed by atoms with Crippen LogP contribution in [0.15, 0.2) is 52.2 Å². The van der Waals surface area contributed by atoms with Crippen LogP contribution >= 0.6 is 0 Å². The first-order valence-electron chi connectivity index (χ1n) is 19.4. The summed E-state index contributed by atoms with van der Waals surface area (Å²) in [5, 5.41) is 13.6. The lowest BCUT2D eigenvalue weighted by Crippen LogP contribution is -2.71. The molecule has 8 atom stereocenters. The van der Waals surface area contributed by atoms with Gasteiger partial charge in [0, 0.05) is 41.6 Å². The molecule has 0 spiro atoms. The number of fused-ring (bicyclic) bond motifs is 7. The number of ketones is 1. The van der Waals surface area contributed by atoms with Gasteiger partial charge < -0.3 is 16.2 Å². The van der Waals surface area contributed by atoms with Gasteiger partial charge >= 0.3 is 5.97 Å². The maximum atomic E-state index is 14.0. The number of hydrogen-bond donors (Lipinski definition) is 3. The number of carbonyl (C=O) groups is 2. The number of Topliss-reactive ketones (excluding diaryl/α,β-unsaturated/α-hetero) is 1. The van der Waals surface area contributed by atoms with Crippen molar-refractivity contribution in [2.75, 3.05) is 6.54 Å². The summed E-state index contributed by atoms with van der Waals surface area (Å²) in [6.45, 7) is 27.9. The fourth-order valence-electron chi connectivity index (χ4n) is 13.3. The number of nitrogens with zero attached hydrogens (tertiary/aromatic N) is 1. The van der Waals surface area contributed by atoms with Gasteiger partial charge in [0.25, 0.3) is 0 Å². The summed E-state index contributed by atoms with van der Waals surface area (Å²) < 4.78 is 0. The molecule has 0 bridgehead atoms. The van der Waals surface area contributed by atoms with Crippen molar-refractivity contribution in [2.45, 2.75) is 144 Å². The Morgan fingerprint density at radius 1 is 1.02 bits per heavy atom. The third kappa shape index (κ3) is 5.56. The predicted molar refractivity (Wildman–Crippen MR) is 200 cm³/mol. The third-order valence-electron chi connectivity index (χ3n) is 15.4. The average Bonchev–Trinajstić information content (AvgIpc) is 3.31. The molecule has 270 valence electrons. The summed E-state index contributed by atoms with van der Waals surface area (Å²) in [5.74, 6) is 1.64. The number of nitrogens with two attached hydrogens (primary N) is 1. The number of carboxylic acid groups (broad SMARTS) is 1. The Hall–Kier alpha value is -2.47. The molecule has 5 aliphatic carbocycles. The van der Waals surface area contributed by atoms with Gasteiger partial charge in [0.05, 0.1) is 11.0 Å². The van der Waals surface area contributed by atoms with Crippen LogP contribution in [0.4, 0.5) is 0 Å². The van der Waals surface area contributed by atoms with Crippen molar-refractivity contribution in [2.24, 2.45) is 62.0 Å². The minimum atomic E-state index is -0.787. The molecule has 4 saturated carbocycles. The van der Waals surface area contributed by atoms with E-state index >= 15 is 0 Å². The minimum absolute atomic E-state index is 0.0960. The largest absolute Gasteiger partial charge is 0.481 e. The molecule has 0 radical (unpaired) electrons. The molecule has 1 aliphatic heterocycles. The smallest absolute Gasteiger partial charge is 0.309 e. The van der Waals surface area contributed by atoms with Crippen LogP contribution in [0.25, 0.3) is 0 Å². The molecule has 0 aromatic carbocycles. The molecule has 8 unspecified atom stereocenters. The second-order valence-electron chi connectivity index (χ2n) is 19.4. The molecular weight excluding hydrogens is 606 g/mol. The molecule has 0 aromatic heterocycles. The summed E-state index contributed by atoms with van der Waals surface area (Å²) in [4.78, 5) is 30.4. The lowest BCUT2D eigenvalue weighted by molar-refractivity contribution is -0.193. The second kappa shape index (κ2) is 12.1. The minimum Gasteiger partial charge on any atom is -0.481 e. The number of rotatable bonds is 9. The van der Waals surface area contributed by atoms with E-state index in [1.54, 1.807) is 0 Å². The van der Waals surface area contributed by atoms with Crippen LogP contribution in [0.5, 0.6) is 0 Å². The zero-order chi connectivity index (χ0) is 35.9. The molecule has 4 N–H and O–H groups in total. The van der Waals surface area contributed by atoms with E-state index in [0.717, 1.165) is 73.9 Å². The van der Waals surface area contributed by atoms with Crippen molar-refractivity contribution in [1.29, 1.82) is 0 Å². The quantitative estimate of drug-likeness (QED) is 0.212. The third-order valence-corrected chi connectivity index (χ3v) is 15.4. The SMILES string of the molecule is C=C(CC1CCC2(C)C(CCC3(C)C4CCC5(NC(=C)C6=CCCN=C6)CC(=O)C(C(C)C)=C5C4(N)CCC32)C1(C)C)CC(C)(C)C(=O)O. The van der Waals surface area contributed by atoms with Gasteiger partial charge in [-0.1, -0.05) is 66.3 Å². The highest BCUT2D eigenvalue weighted by molar-refractivity contribution is 6.02. The molecule has 0 aromatic rings. The van der Waals surface area contributed by atoms with E-state index in [4.69, 9.17) is 5.73 Å². The highest BCUT2D eigenvalue weighted by Crippen LogP contribution is 2.73. The van der Waals surface area contributed by atoms with Crippen molar-refractivity contribution >= 4 is 18.0 Å². The number of dihydropyridines is 1. The van der Waals surface area contributed by atoms with Gasteiger partial charge in [-0.3, -0.25) is 14.6 Å². The first kappa shape index (κ1) is 36.3. The lowest BCUT2D eigenvalue weighted by Gasteiger charge is -2.71. The number of aliphatic carboxylic acids is 1. The van der Waals surface area contributed by atoms with Crippen LogP contribution in [-0.4, -0.2) is 40.7 Å². The van der Waals surface area contributed by atoms with E-state index in [9.17, 15) is 14.7 Å². The van der Waals surface area contributed by atoms with Gasteiger partial charge in [-0.25, -0.2) is 0 Å². The Morgan fingerprint density at radius 2 is 1.65 bits per heavy atom. The molecular formula is C43H65N3O3. The Bertz CT molecular complexity index is 1530. The number of carbonyl (C=O) groups excluding carboxylic acids is 1. The molecule has 0 amide bonds. The van der Waals surface area contributed by atoms with Gasteiger partial charge in [0.2, 0.25) is 0 Å². The summed E-state index contributed by atoms with van der Waals surface area (Å²) >= 11 is 0. The molecule has 6 heteroatoms. The fourth-order valence-corrected chi connectivity index (χ4v) is 13.3. The number of allylic oxidation sites excluding steroid dienone is 3. The van der Waals surface area contributed by atoms with Crippen molar-refractivity contribution in [1.82, 2.24) is 5.32 Å². The topological polar surface area (TPSA) is 105 Å². The highest BCUT2D eigenvalue weighted by atomic mass is 16.4. The Balaban J connectivity index is 1.29. The van der Waals surface area contributed by atoms with Crippen LogP contribution in [0.2, 0.25) is 0 Å². The second-order valence-corrected chi connectivity index (χ2v) is 19.4. The van der Waals surface area contributed by atoms with Gasteiger partial charge in [0.15, 0.2) is 5.78 Å². The maximum absolute atomic E-state index is 14.0. The van der Waals surface area contributed by atoms with E-state index in [1.807, 2.05) is 20.1 Å². The molecule has 6 aliphatic rings. The summed E-state index contributed by atoms with van der Waals surface area (Å²) in [6.07, 6.45) is 15.6. The van der Waals surface area contributed by atoms with E-state index in [0.29, 0.717) is 36.5 Å². The maximum Gasteiger partial charge on any atom is 0.309 e. The fraction of sp³-hybridized carbons (Fsp3) is 0.744. The van der Waals surface area contributed by atoms with Crippen LogP contribution < -0.4 is 11.1 Å². The van der Waals surface area contributed by atoms with Crippen molar-refractivity contribution in [3.05, 3.63) is 47.2 Å². The van der Waals surface area contributed by atoms with E-state index in [1.165, 1.54) is 24.8 Å². The number of aliphatic imine (C=N–C) groups is 1. The zero-order valence-electron chi connectivity index (χ0n) is 31.9. The number of nitrogens with one attached hydrogen (secondary N) is 1. The van der Waals surface area contributed by atoms with E-state index in [2.05, 4.69) is 71.1 Å². The average molecular weight is 672 g/mol. The molecule has 49 heavy (non-hydrogen) atoms. The summed E-state index contributed by atoms with van der Waals surface area (Å²) in [7, 11) is 0. The normalized spacial score (nSPS) is 39.8. The standard InChI is InChI=1S/C43H65N3O3/c1-26(2)35-31(47)24-42(46-28(4)29-12-11-21-45-25-29)19-15-34-41(10)18-14-32-39(7,8)30(22-27(3)23-38(5,6)37(48)49)13-17-40(32,9)33(41)16-20-43(34,44)36(35)42/h12,25-26,30,32-34,46H,3-4,11,13-24,44H2,1-2,5-10H3,(H,48,49). The first-order valence-corrected chi connectivity index (χ1v) is 19.4. The zero-order valence-corrected chi connectivity index (χ0v) is 31.9. The predicted octanol–water partition coefficient (Wildman–Crippen LogP) is 8.98. The van der Waals surface area contributed by atoms with Crippen LogP contribution in [0.1, 0.15) is 132 Å². The monoisotopic (exact) mass is 672 g/mol. The van der Waals surface area contributed by atoms with Crippen LogP contribution in [-0.2, 0) is 9.59 Å². The molecule has 4 fully saturated rings.